The standard InChI is InChI=1S/C12H14F3N3O2/c1-18(7-11(19)17-8-2-3-8)10-5-4-9(6-16-10)20-12(13,14)15/h4-6,8H,2-3,7H2,1H3,(H,17,19). The molecule has 1 fully saturated rings. The van der Waals surface area contributed by atoms with Gasteiger partial charge in [0.25, 0.3) is 0 Å². The van der Waals surface area contributed by atoms with Gasteiger partial charge < -0.3 is 15.0 Å². The normalized spacial score (nSPS) is 14.8. The number of anilines is 1. The Morgan fingerprint density at radius 3 is 2.70 bits per heavy atom. The fourth-order valence-electron chi connectivity index (χ4n) is 1.59. The highest BCUT2D eigenvalue weighted by Crippen LogP contribution is 2.23. The average Bonchev–Trinajstić information content (AvgIpc) is 3.11. The molecule has 0 bridgehead atoms. The van der Waals surface area contributed by atoms with Gasteiger partial charge >= 0.3 is 6.36 Å². The highest BCUT2D eigenvalue weighted by molar-refractivity contribution is 5.81. The number of alkyl halides is 3. The molecule has 2 rings (SSSR count). The van der Waals surface area contributed by atoms with Gasteiger partial charge in [0.2, 0.25) is 5.91 Å². The van der Waals surface area contributed by atoms with Crippen LogP contribution in [0.5, 0.6) is 5.75 Å². The summed E-state index contributed by atoms with van der Waals surface area (Å²) in [5.41, 5.74) is 0. The summed E-state index contributed by atoms with van der Waals surface area (Å²) in [5.74, 6) is -0.130. The van der Waals surface area contributed by atoms with Crippen molar-refractivity contribution in [1.82, 2.24) is 10.3 Å². The molecule has 0 spiro atoms. The Balaban J connectivity index is 1.89. The fraction of sp³-hybridized carbons (Fsp3) is 0.500. The van der Waals surface area contributed by atoms with Crippen molar-refractivity contribution < 1.29 is 22.7 Å². The largest absolute Gasteiger partial charge is 0.573 e. The van der Waals surface area contributed by atoms with E-state index in [2.05, 4.69) is 15.0 Å². The maximum atomic E-state index is 12.0. The zero-order chi connectivity index (χ0) is 14.8. The third-order valence-electron chi connectivity index (χ3n) is 2.67. The topological polar surface area (TPSA) is 54.5 Å². The second kappa shape index (κ2) is 5.56. The molecule has 1 aromatic heterocycles. The number of ether oxygens (including phenoxy) is 1. The highest BCUT2D eigenvalue weighted by Gasteiger charge is 2.31. The number of nitrogens with one attached hydrogen (secondary N) is 1. The molecule has 0 atom stereocenters. The summed E-state index contributed by atoms with van der Waals surface area (Å²) < 4.78 is 39.7. The lowest BCUT2D eigenvalue weighted by Crippen LogP contribution is -2.36. The highest BCUT2D eigenvalue weighted by atomic mass is 19.4. The van der Waals surface area contributed by atoms with Crippen LogP contribution in [0.2, 0.25) is 0 Å². The predicted octanol–water partition coefficient (Wildman–Crippen LogP) is 1.69. The molecular weight excluding hydrogens is 275 g/mol. The molecule has 1 saturated carbocycles. The predicted molar refractivity (Wildman–Crippen MR) is 65.4 cm³/mol. The van der Waals surface area contributed by atoms with Gasteiger partial charge in [0.05, 0.1) is 12.7 Å². The summed E-state index contributed by atoms with van der Waals surface area (Å²) in [4.78, 5) is 17.0. The number of aromatic nitrogens is 1. The minimum absolute atomic E-state index is 0.100. The number of pyridine rings is 1. The number of likely N-dealkylation sites (N-methyl/N-ethyl adjacent to an activating group) is 1. The van der Waals surface area contributed by atoms with E-state index in [1.54, 1.807) is 11.9 Å². The minimum atomic E-state index is -4.74. The Morgan fingerprint density at radius 1 is 1.50 bits per heavy atom. The average molecular weight is 289 g/mol. The van der Waals surface area contributed by atoms with Crippen molar-refractivity contribution in [1.29, 1.82) is 0 Å². The number of carbonyl (C=O) groups excluding carboxylic acids is 1. The van der Waals surface area contributed by atoms with Gasteiger partial charge in [0.1, 0.15) is 11.6 Å². The molecule has 1 aliphatic rings. The van der Waals surface area contributed by atoms with E-state index in [0.29, 0.717) is 5.82 Å². The van der Waals surface area contributed by atoms with E-state index in [0.717, 1.165) is 25.1 Å². The maximum absolute atomic E-state index is 12.0. The third kappa shape index (κ3) is 4.60. The molecule has 1 aromatic rings. The van der Waals surface area contributed by atoms with E-state index in [1.807, 2.05) is 0 Å². The zero-order valence-corrected chi connectivity index (χ0v) is 10.8. The Hall–Kier alpha value is -1.99. The van der Waals surface area contributed by atoms with Crippen LogP contribution in [-0.4, -0.2) is 36.9 Å². The van der Waals surface area contributed by atoms with Crippen LogP contribution < -0.4 is 15.0 Å². The molecule has 1 amide bonds. The lowest BCUT2D eigenvalue weighted by atomic mass is 10.4. The Morgan fingerprint density at radius 2 is 2.20 bits per heavy atom. The van der Waals surface area contributed by atoms with Crippen molar-refractivity contribution in [2.75, 3.05) is 18.5 Å². The van der Waals surface area contributed by atoms with Crippen LogP contribution in [0.1, 0.15) is 12.8 Å². The second-order valence-corrected chi connectivity index (χ2v) is 4.60. The first-order chi connectivity index (χ1) is 9.33. The molecule has 0 saturated heterocycles. The lowest BCUT2D eigenvalue weighted by Gasteiger charge is -2.18. The monoisotopic (exact) mass is 289 g/mol. The molecule has 0 aromatic carbocycles. The summed E-state index contributed by atoms with van der Waals surface area (Å²) in [6, 6.07) is 2.79. The Labute approximate surface area is 113 Å². The molecule has 1 heterocycles. The second-order valence-electron chi connectivity index (χ2n) is 4.60. The summed E-state index contributed by atoms with van der Waals surface area (Å²) in [6.07, 6.45) is -1.77. The van der Waals surface area contributed by atoms with Crippen molar-refractivity contribution >= 4 is 11.7 Å². The molecule has 0 radical (unpaired) electrons. The Kier molecular flexibility index (Phi) is 4.01. The quantitative estimate of drug-likeness (QED) is 0.896. The van der Waals surface area contributed by atoms with Gasteiger partial charge in [-0.1, -0.05) is 0 Å². The van der Waals surface area contributed by atoms with Gasteiger partial charge in [0.15, 0.2) is 0 Å². The van der Waals surface area contributed by atoms with Crippen molar-refractivity contribution in [3.05, 3.63) is 18.3 Å². The van der Waals surface area contributed by atoms with E-state index in [1.165, 1.54) is 6.07 Å². The first kappa shape index (κ1) is 14.4. The van der Waals surface area contributed by atoms with Gasteiger partial charge in [-0.3, -0.25) is 4.79 Å². The fourth-order valence-corrected chi connectivity index (χ4v) is 1.59. The van der Waals surface area contributed by atoms with Gasteiger partial charge in [-0.25, -0.2) is 4.98 Å². The Bertz CT molecular complexity index is 472. The molecular formula is C12H14F3N3O2. The molecule has 110 valence electrons. The molecule has 20 heavy (non-hydrogen) atoms. The zero-order valence-electron chi connectivity index (χ0n) is 10.8. The first-order valence-corrected chi connectivity index (χ1v) is 6.06. The van der Waals surface area contributed by atoms with E-state index in [-0.39, 0.29) is 18.5 Å². The van der Waals surface area contributed by atoms with Gasteiger partial charge in [0, 0.05) is 13.1 Å². The number of halogens is 3. The van der Waals surface area contributed by atoms with E-state index in [4.69, 9.17) is 0 Å². The molecule has 5 nitrogen and oxygen atoms in total. The summed E-state index contributed by atoms with van der Waals surface area (Å²) in [6.45, 7) is 0.100. The first-order valence-electron chi connectivity index (χ1n) is 6.06. The van der Waals surface area contributed by atoms with Crippen LogP contribution in [0.15, 0.2) is 18.3 Å². The molecule has 8 heteroatoms. The van der Waals surface area contributed by atoms with Crippen LogP contribution in [0, 0.1) is 0 Å². The summed E-state index contributed by atoms with van der Waals surface area (Å²) in [5, 5.41) is 2.82. The molecule has 0 unspecified atom stereocenters. The number of hydrogen-bond donors (Lipinski definition) is 1. The van der Waals surface area contributed by atoms with Crippen molar-refractivity contribution in [3.8, 4) is 5.75 Å². The number of hydrogen-bond acceptors (Lipinski definition) is 4. The molecule has 0 aliphatic heterocycles. The van der Waals surface area contributed by atoms with Gasteiger partial charge in [-0.05, 0) is 25.0 Å². The third-order valence-corrected chi connectivity index (χ3v) is 2.67. The van der Waals surface area contributed by atoms with Crippen LogP contribution in [0.3, 0.4) is 0 Å². The van der Waals surface area contributed by atoms with Crippen LogP contribution in [0.25, 0.3) is 0 Å². The number of amides is 1. The van der Waals surface area contributed by atoms with Gasteiger partial charge in [-0.2, -0.15) is 0 Å². The van der Waals surface area contributed by atoms with E-state index >= 15 is 0 Å². The SMILES string of the molecule is CN(CC(=O)NC1CC1)c1ccc(OC(F)(F)F)cn1. The number of rotatable bonds is 5. The van der Waals surface area contributed by atoms with Gasteiger partial charge in [-0.15, -0.1) is 13.2 Å². The maximum Gasteiger partial charge on any atom is 0.573 e. The number of carbonyl (C=O) groups is 1. The van der Waals surface area contributed by atoms with Crippen molar-refractivity contribution in [2.24, 2.45) is 0 Å². The van der Waals surface area contributed by atoms with Crippen LogP contribution in [0.4, 0.5) is 19.0 Å². The van der Waals surface area contributed by atoms with E-state index < -0.39 is 12.1 Å². The van der Waals surface area contributed by atoms with Crippen LogP contribution >= 0.6 is 0 Å². The van der Waals surface area contributed by atoms with Crippen molar-refractivity contribution in [3.63, 3.8) is 0 Å². The summed E-state index contributed by atoms with van der Waals surface area (Å²) >= 11 is 0. The van der Waals surface area contributed by atoms with Crippen LogP contribution in [-0.2, 0) is 4.79 Å². The van der Waals surface area contributed by atoms with E-state index in [9.17, 15) is 18.0 Å². The van der Waals surface area contributed by atoms with Crippen molar-refractivity contribution in [2.45, 2.75) is 25.2 Å². The number of nitrogens with zero attached hydrogens (tertiary/aromatic N) is 2. The minimum Gasteiger partial charge on any atom is -0.404 e. The molecule has 1 N–H and O–H groups in total. The smallest absolute Gasteiger partial charge is 0.404 e. The summed E-state index contributed by atoms with van der Waals surface area (Å²) in [7, 11) is 1.64. The molecule has 1 aliphatic carbocycles. The lowest BCUT2D eigenvalue weighted by molar-refractivity contribution is -0.274.